The summed E-state index contributed by atoms with van der Waals surface area (Å²) in [6, 6.07) is 7.54. The number of rotatable bonds is 6. The van der Waals surface area contributed by atoms with Crippen LogP contribution in [0.25, 0.3) is 5.78 Å². The van der Waals surface area contributed by atoms with Gasteiger partial charge in [-0.2, -0.15) is 9.50 Å². The second-order valence-corrected chi connectivity index (χ2v) is 5.11. The third kappa shape index (κ3) is 3.44. The Morgan fingerprint density at radius 2 is 2.08 bits per heavy atom. The van der Waals surface area contributed by atoms with E-state index in [9.17, 15) is 9.59 Å². The van der Waals surface area contributed by atoms with Crippen LogP contribution in [0.15, 0.2) is 35.3 Å². The van der Waals surface area contributed by atoms with Crippen LogP contribution in [0.2, 0.25) is 0 Å². The van der Waals surface area contributed by atoms with E-state index < -0.39 is 11.5 Å². The van der Waals surface area contributed by atoms with E-state index in [2.05, 4.69) is 20.4 Å². The van der Waals surface area contributed by atoms with Gasteiger partial charge in [-0.3, -0.25) is 9.89 Å². The van der Waals surface area contributed by atoms with Crippen molar-refractivity contribution < 1.29 is 14.3 Å². The molecule has 130 valence electrons. The normalized spacial score (nSPS) is 10.6. The minimum atomic E-state index is -0.711. The van der Waals surface area contributed by atoms with Gasteiger partial charge in [-0.05, 0) is 24.6 Å². The number of carbonyl (C=O) groups is 1. The van der Waals surface area contributed by atoms with Gasteiger partial charge in [0.15, 0.2) is 0 Å². The Labute approximate surface area is 142 Å². The molecule has 0 aliphatic carbocycles. The third-order valence-electron chi connectivity index (χ3n) is 3.49. The van der Waals surface area contributed by atoms with Gasteiger partial charge in [0, 0.05) is 6.54 Å². The largest absolute Gasteiger partial charge is 0.497 e. The van der Waals surface area contributed by atoms with Gasteiger partial charge in [0.1, 0.15) is 11.3 Å². The first kappa shape index (κ1) is 16.5. The second kappa shape index (κ2) is 7.04. The Hall–Kier alpha value is -3.36. The predicted octanol–water partition coefficient (Wildman–Crippen LogP) is 1.21. The Morgan fingerprint density at radius 3 is 2.76 bits per heavy atom. The van der Waals surface area contributed by atoms with E-state index in [1.165, 1.54) is 6.20 Å². The summed E-state index contributed by atoms with van der Waals surface area (Å²) in [5, 5.41) is 5.85. The molecule has 2 N–H and O–H groups in total. The van der Waals surface area contributed by atoms with E-state index in [0.717, 1.165) is 15.8 Å². The molecule has 1 aromatic carbocycles. The summed E-state index contributed by atoms with van der Waals surface area (Å²) in [6.45, 7) is 2.33. The van der Waals surface area contributed by atoms with Crippen molar-refractivity contribution in [2.75, 3.05) is 19.0 Å². The molecule has 0 radical (unpaired) electrons. The van der Waals surface area contributed by atoms with Crippen LogP contribution in [-0.4, -0.2) is 39.3 Å². The van der Waals surface area contributed by atoms with E-state index in [-0.39, 0.29) is 17.9 Å². The number of ether oxygens (including phenoxy) is 2. The zero-order chi connectivity index (χ0) is 17.8. The number of methoxy groups -OCH3 is 1. The molecule has 0 saturated heterocycles. The van der Waals surface area contributed by atoms with Gasteiger partial charge in [0.2, 0.25) is 5.95 Å². The van der Waals surface area contributed by atoms with Crippen LogP contribution < -0.4 is 15.6 Å². The number of hydrogen-bond donors (Lipinski definition) is 2. The topological polar surface area (TPSA) is 111 Å². The molecule has 0 atom stereocenters. The SMILES string of the molecule is CCOC(=O)c1cnc2nc(NCc3ccc(OC)cc3)[nH]n2c1=O. The second-order valence-electron chi connectivity index (χ2n) is 5.11. The highest BCUT2D eigenvalue weighted by molar-refractivity contribution is 5.88. The first-order valence-corrected chi connectivity index (χ1v) is 7.64. The van der Waals surface area contributed by atoms with Crippen LogP contribution >= 0.6 is 0 Å². The highest BCUT2D eigenvalue weighted by Crippen LogP contribution is 2.12. The highest BCUT2D eigenvalue weighted by Gasteiger charge is 2.16. The van der Waals surface area contributed by atoms with Crippen molar-refractivity contribution in [3.8, 4) is 5.75 Å². The number of hydrogen-bond acceptors (Lipinski definition) is 7. The van der Waals surface area contributed by atoms with Crippen LogP contribution in [0.3, 0.4) is 0 Å². The average molecular weight is 343 g/mol. The Kier molecular flexibility index (Phi) is 4.64. The molecule has 0 aliphatic rings. The fraction of sp³-hybridized carbons (Fsp3) is 0.250. The molecular formula is C16H17N5O4. The molecule has 3 rings (SSSR count). The van der Waals surface area contributed by atoms with Crippen molar-refractivity contribution in [3.63, 3.8) is 0 Å². The van der Waals surface area contributed by atoms with Crippen LogP contribution in [0.4, 0.5) is 5.95 Å². The number of anilines is 1. The predicted molar refractivity (Wildman–Crippen MR) is 89.9 cm³/mol. The fourth-order valence-corrected chi connectivity index (χ4v) is 2.21. The summed E-state index contributed by atoms with van der Waals surface area (Å²) >= 11 is 0. The number of aromatic amines is 1. The number of fused-ring (bicyclic) bond motifs is 1. The highest BCUT2D eigenvalue weighted by atomic mass is 16.5. The monoisotopic (exact) mass is 343 g/mol. The average Bonchev–Trinajstić information content (AvgIpc) is 3.05. The summed E-state index contributed by atoms with van der Waals surface area (Å²) < 4.78 is 11.0. The molecule has 0 bridgehead atoms. The van der Waals surface area contributed by atoms with Crippen LogP contribution in [-0.2, 0) is 11.3 Å². The van der Waals surface area contributed by atoms with Gasteiger partial charge < -0.3 is 14.8 Å². The Bertz CT molecular complexity index is 945. The summed E-state index contributed by atoms with van der Waals surface area (Å²) in [5.41, 5.74) is 0.298. The Morgan fingerprint density at radius 1 is 1.32 bits per heavy atom. The molecule has 9 nitrogen and oxygen atoms in total. The lowest BCUT2D eigenvalue weighted by Gasteiger charge is -2.04. The van der Waals surface area contributed by atoms with Crippen LogP contribution in [0.5, 0.6) is 5.75 Å². The van der Waals surface area contributed by atoms with Crippen molar-refractivity contribution in [1.29, 1.82) is 0 Å². The zero-order valence-electron chi connectivity index (χ0n) is 13.8. The molecule has 2 heterocycles. The maximum Gasteiger partial charge on any atom is 0.345 e. The lowest BCUT2D eigenvalue weighted by Crippen LogP contribution is -2.24. The number of esters is 1. The van der Waals surface area contributed by atoms with Gasteiger partial charge in [-0.15, -0.1) is 0 Å². The number of nitrogens with one attached hydrogen (secondary N) is 2. The maximum absolute atomic E-state index is 12.3. The quantitative estimate of drug-likeness (QED) is 0.647. The van der Waals surface area contributed by atoms with E-state index in [1.54, 1.807) is 14.0 Å². The standard InChI is InChI=1S/C16H17N5O4/c1-3-25-14(23)12-9-18-16-19-15(20-21(16)13(12)22)17-8-10-4-6-11(24-2)7-5-10/h4-7,9H,3,8H2,1-2H3,(H2,17,18,19,20). The van der Waals surface area contributed by atoms with E-state index >= 15 is 0 Å². The van der Waals surface area contributed by atoms with E-state index in [1.807, 2.05) is 24.3 Å². The molecular weight excluding hydrogens is 326 g/mol. The van der Waals surface area contributed by atoms with E-state index in [4.69, 9.17) is 9.47 Å². The molecule has 0 aliphatic heterocycles. The zero-order valence-corrected chi connectivity index (χ0v) is 13.8. The van der Waals surface area contributed by atoms with Gasteiger partial charge in [-0.25, -0.2) is 9.78 Å². The molecule has 0 saturated carbocycles. The van der Waals surface area contributed by atoms with Gasteiger partial charge in [0.25, 0.3) is 11.3 Å². The van der Waals surface area contributed by atoms with Crippen molar-refractivity contribution >= 4 is 17.7 Å². The minimum absolute atomic E-state index is 0.148. The summed E-state index contributed by atoms with van der Waals surface area (Å²) in [4.78, 5) is 32.2. The molecule has 2 aromatic heterocycles. The molecule has 0 fully saturated rings. The summed E-state index contributed by atoms with van der Waals surface area (Å²) in [6.07, 6.45) is 1.17. The number of benzene rings is 1. The first-order chi connectivity index (χ1) is 12.1. The number of aromatic nitrogens is 4. The summed E-state index contributed by atoms with van der Waals surface area (Å²) in [7, 11) is 1.61. The van der Waals surface area contributed by atoms with Crippen LogP contribution in [0, 0.1) is 0 Å². The van der Waals surface area contributed by atoms with Crippen molar-refractivity contribution in [1.82, 2.24) is 19.6 Å². The number of carbonyl (C=O) groups excluding carboxylic acids is 1. The van der Waals surface area contributed by atoms with E-state index in [0.29, 0.717) is 12.5 Å². The molecule has 0 amide bonds. The molecule has 9 heteroatoms. The minimum Gasteiger partial charge on any atom is -0.497 e. The van der Waals surface area contributed by atoms with Crippen molar-refractivity contribution in [2.45, 2.75) is 13.5 Å². The maximum atomic E-state index is 12.3. The molecule has 3 aromatic rings. The lowest BCUT2D eigenvalue weighted by molar-refractivity contribution is 0.0523. The fourth-order valence-electron chi connectivity index (χ4n) is 2.21. The van der Waals surface area contributed by atoms with Crippen molar-refractivity contribution in [3.05, 3.63) is 51.9 Å². The molecule has 0 unspecified atom stereocenters. The van der Waals surface area contributed by atoms with Crippen LogP contribution in [0.1, 0.15) is 22.8 Å². The molecule has 25 heavy (non-hydrogen) atoms. The van der Waals surface area contributed by atoms with Crippen molar-refractivity contribution in [2.24, 2.45) is 0 Å². The van der Waals surface area contributed by atoms with Gasteiger partial charge >= 0.3 is 5.97 Å². The van der Waals surface area contributed by atoms with Gasteiger partial charge in [-0.1, -0.05) is 12.1 Å². The Balaban J connectivity index is 1.79. The number of H-pyrrole nitrogens is 1. The lowest BCUT2D eigenvalue weighted by atomic mass is 10.2. The summed E-state index contributed by atoms with van der Waals surface area (Å²) in [5.74, 6) is 0.586. The first-order valence-electron chi connectivity index (χ1n) is 7.64. The smallest absolute Gasteiger partial charge is 0.345 e. The molecule has 0 spiro atoms. The van der Waals surface area contributed by atoms with Gasteiger partial charge in [0.05, 0.1) is 19.9 Å². The third-order valence-corrected chi connectivity index (χ3v) is 3.49. The number of nitrogens with zero attached hydrogens (tertiary/aromatic N) is 3.